The number of carbonyl (C=O) groups excluding carboxylic acids is 1. The molecule has 1 N–H and O–H groups in total. The van der Waals surface area contributed by atoms with Crippen LogP contribution >= 0.6 is 0 Å². The maximum absolute atomic E-state index is 13.6. The predicted octanol–water partition coefficient (Wildman–Crippen LogP) is 3.64. The van der Waals surface area contributed by atoms with Gasteiger partial charge in [0.2, 0.25) is 5.95 Å². The van der Waals surface area contributed by atoms with E-state index in [9.17, 15) is 9.18 Å². The van der Waals surface area contributed by atoms with Crippen LogP contribution in [0.25, 0.3) is 5.65 Å². The third kappa shape index (κ3) is 4.18. The standard InChI is InChI=1S/C19H26FN3O2/c1-3-4-11-25-15-7-5-14(6-8-15)21-19(24)16-9-10-23-13(2)12-17(20)22-18(16)23/h9-10,12,14-15H,3-8,11H2,1-2H3,(H,21,24)/t14-,15-. The van der Waals surface area contributed by atoms with Gasteiger partial charge in [0.15, 0.2) is 5.65 Å². The van der Waals surface area contributed by atoms with Crippen molar-refractivity contribution in [3.05, 3.63) is 35.5 Å². The number of aromatic nitrogens is 2. The van der Waals surface area contributed by atoms with E-state index in [1.54, 1.807) is 23.6 Å². The van der Waals surface area contributed by atoms with E-state index in [1.807, 2.05) is 0 Å². The summed E-state index contributed by atoms with van der Waals surface area (Å²) in [5, 5.41) is 3.07. The molecule has 1 aliphatic carbocycles. The van der Waals surface area contributed by atoms with E-state index in [4.69, 9.17) is 4.74 Å². The van der Waals surface area contributed by atoms with Crippen molar-refractivity contribution in [1.82, 2.24) is 14.7 Å². The largest absolute Gasteiger partial charge is 0.378 e. The molecule has 0 aliphatic heterocycles. The molecule has 0 radical (unpaired) electrons. The van der Waals surface area contributed by atoms with Gasteiger partial charge >= 0.3 is 0 Å². The van der Waals surface area contributed by atoms with Crippen molar-refractivity contribution in [2.75, 3.05) is 6.61 Å². The molecule has 0 aromatic carbocycles. The summed E-state index contributed by atoms with van der Waals surface area (Å²) in [5.41, 5.74) is 1.50. The minimum atomic E-state index is -0.567. The number of unbranched alkanes of at least 4 members (excludes halogenated alkanes) is 1. The van der Waals surface area contributed by atoms with E-state index in [0.29, 0.717) is 23.0 Å². The highest BCUT2D eigenvalue weighted by Gasteiger charge is 2.24. The molecular formula is C19H26FN3O2. The summed E-state index contributed by atoms with van der Waals surface area (Å²) >= 11 is 0. The lowest BCUT2D eigenvalue weighted by Crippen LogP contribution is -2.39. The summed E-state index contributed by atoms with van der Waals surface area (Å²) in [6, 6.07) is 3.20. The SMILES string of the molecule is CCCCO[C@H]1CC[C@H](NC(=O)c2ccn3c(C)cc(F)nc23)CC1. The third-order valence-corrected chi connectivity index (χ3v) is 4.89. The molecule has 2 aromatic heterocycles. The van der Waals surface area contributed by atoms with Crippen molar-refractivity contribution in [1.29, 1.82) is 0 Å². The van der Waals surface area contributed by atoms with Crippen LogP contribution in [0.15, 0.2) is 18.3 Å². The van der Waals surface area contributed by atoms with Gasteiger partial charge in [-0.3, -0.25) is 4.79 Å². The number of halogens is 1. The second-order valence-corrected chi connectivity index (χ2v) is 6.81. The van der Waals surface area contributed by atoms with Crippen LogP contribution in [-0.2, 0) is 4.74 Å². The smallest absolute Gasteiger partial charge is 0.255 e. The number of fused-ring (bicyclic) bond motifs is 1. The molecule has 136 valence electrons. The number of carbonyl (C=O) groups is 1. The summed E-state index contributed by atoms with van der Waals surface area (Å²) in [7, 11) is 0. The Morgan fingerprint density at radius 3 is 2.88 bits per heavy atom. The van der Waals surface area contributed by atoms with Crippen LogP contribution in [0.3, 0.4) is 0 Å². The van der Waals surface area contributed by atoms with E-state index >= 15 is 0 Å². The molecule has 25 heavy (non-hydrogen) atoms. The fourth-order valence-electron chi connectivity index (χ4n) is 3.41. The van der Waals surface area contributed by atoms with Crippen LogP contribution in [-0.4, -0.2) is 34.0 Å². The van der Waals surface area contributed by atoms with Crippen LogP contribution in [0.4, 0.5) is 4.39 Å². The van der Waals surface area contributed by atoms with Crippen molar-refractivity contribution in [3.8, 4) is 0 Å². The Hall–Kier alpha value is -1.95. The van der Waals surface area contributed by atoms with Crippen LogP contribution in [0.2, 0.25) is 0 Å². The monoisotopic (exact) mass is 347 g/mol. The maximum atomic E-state index is 13.6. The molecule has 0 atom stereocenters. The molecule has 1 fully saturated rings. The first kappa shape index (κ1) is 17.9. The molecule has 5 nitrogen and oxygen atoms in total. The third-order valence-electron chi connectivity index (χ3n) is 4.89. The number of nitrogens with one attached hydrogen (secondary N) is 1. The van der Waals surface area contributed by atoms with Gasteiger partial charge in [-0.15, -0.1) is 0 Å². The van der Waals surface area contributed by atoms with Gasteiger partial charge in [0, 0.05) is 30.6 Å². The highest BCUT2D eigenvalue weighted by atomic mass is 19.1. The first-order valence-corrected chi connectivity index (χ1v) is 9.15. The number of hydrogen-bond donors (Lipinski definition) is 1. The minimum Gasteiger partial charge on any atom is -0.378 e. The molecule has 0 spiro atoms. The zero-order valence-electron chi connectivity index (χ0n) is 14.9. The summed E-state index contributed by atoms with van der Waals surface area (Å²) in [6.45, 7) is 4.77. The minimum absolute atomic E-state index is 0.142. The number of ether oxygens (including phenoxy) is 1. The van der Waals surface area contributed by atoms with Gasteiger partial charge in [-0.25, -0.2) is 4.98 Å². The normalized spacial score (nSPS) is 20.8. The molecule has 1 amide bonds. The first-order valence-electron chi connectivity index (χ1n) is 9.15. The lowest BCUT2D eigenvalue weighted by Gasteiger charge is -2.29. The molecule has 2 heterocycles. The van der Waals surface area contributed by atoms with Crippen molar-refractivity contribution in [2.24, 2.45) is 0 Å². The van der Waals surface area contributed by atoms with Crippen molar-refractivity contribution < 1.29 is 13.9 Å². The van der Waals surface area contributed by atoms with Gasteiger partial charge in [-0.2, -0.15) is 4.39 Å². The zero-order chi connectivity index (χ0) is 17.8. The van der Waals surface area contributed by atoms with Crippen molar-refractivity contribution in [2.45, 2.75) is 64.5 Å². The number of amides is 1. The van der Waals surface area contributed by atoms with Crippen molar-refractivity contribution in [3.63, 3.8) is 0 Å². The van der Waals surface area contributed by atoms with E-state index in [2.05, 4.69) is 17.2 Å². The quantitative estimate of drug-likeness (QED) is 0.641. The molecule has 0 saturated heterocycles. The number of rotatable bonds is 6. The molecule has 2 aromatic rings. The number of nitrogens with zero attached hydrogens (tertiary/aromatic N) is 2. The van der Waals surface area contributed by atoms with Crippen LogP contribution in [0.1, 0.15) is 61.5 Å². The van der Waals surface area contributed by atoms with E-state index in [1.165, 1.54) is 6.07 Å². The summed E-state index contributed by atoms with van der Waals surface area (Å²) in [6.07, 6.45) is 8.07. The molecule has 3 rings (SSSR count). The molecular weight excluding hydrogens is 321 g/mol. The van der Waals surface area contributed by atoms with E-state index in [0.717, 1.165) is 45.1 Å². The van der Waals surface area contributed by atoms with Crippen LogP contribution < -0.4 is 5.32 Å². The van der Waals surface area contributed by atoms with Crippen LogP contribution in [0, 0.1) is 12.9 Å². The fraction of sp³-hybridized carbons (Fsp3) is 0.579. The number of hydrogen-bond acceptors (Lipinski definition) is 3. The molecule has 0 unspecified atom stereocenters. The average Bonchev–Trinajstić information content (AvgIpc) is 3.01. The second-order valence-electron chi connectivity index (χ2n) is 6.81. The Morgan fingerprint density at radius 1 is 1.40 bits per heavy atom. The summed E-state index contributed by atoms with van der Waals surface area (Å²) < 4.78 is 21.2. The zero-order valence-corrected chi connectivity index (χ0v) is 14.9. The Balaban J connectivity index is 1.59. The molecule has 1 saturated carbocycles. The van der Waals surface area contributed by atoms with Gasteiger partial charge in [0.25, 0.3) is 5.91 Å². The molecule has 0 bridgehead atoms. The van der Waals surface area contributed by atoms with Gasteiger partial charge in [0.1, 0.15) is 0 Å². The van der Waals surface area contributed by atoms with Gasteiger partial charge in [-0.1, -0.05) is 13.3 Å². The Bertz CT molecular complexity index is 736. The lowest BCUT2D eigenvalue weighted by atomic mass is 9.92. The Kier molecular flexibility index (Phi) is 5.68. The van der Waals surface area contributed by atoms with Crippen LogP contribution in [0.5, 0.6) is 0 Å². The lowest BCUT2D eigenvalue weighted by molar-refractivity contribution is 0.0209. The highest BCUT2D eigenvalue weighted by Crippen LogP contribution is 2.22. The Labute approximate surface area is 147 Å². The van der Waals surface area contributed by atoms with Crippen molar-refractivity contribution >= 4 is 11.6 Å². The van der Waals surface area contributed by atoms with Gasteiger partial charge < -0.3 is 14.5 Å². The summed E-state index contributed by atoms with van der Waals surface area (Å²) in [4.78, 5) is 16.5. The second kappa shape index (κ2) is 7.95. The molecule has 1 aliphatic rings. The maximum Gasteiger partial charge on any atom is 0.255 e. The van der Waals surface area contributed by atoms with E-state index < -0.39 is 5.95 Å². The fourth-order valence-corrected chi connectivity index (χ4v) is 3.41. The van der Waals surface area contributed by atoms with Gasteiger partial charge in [-0.05, 0) is 45.1 Å². The average molecular weight is 347 g/mol. The highest BCUT2D eigenvalue weighted by molar-refractivity contribution is 6.00. The number of aryl methyl sites for hydroxylation is 1. The first-order chi connectivity index (χ1) is 12.1. The Morgan fingerprint density at radius 2 is 2.16 bits per heavy atom. The summed E-state index contributed by atoms with van der Waals surface area (Å²) in [5.74, 6) is -0.752. The predicted molar refractivity (Wildman–Crippen MR) is 94.3 cm³/mol. The topological polar surface area (TPSA) is 55.6 Å². The molecule has 6 heteroatoms. The van der Waals surface area contributed by atoms with Gasteiger partial charge in [0.05, 0.1) is 11.7 Å². The van der Waals surface area contributed by atoms with E-state index in [-0.39, 0.29) is 11.9 Å².